The fourth-order valence-electron chi connectivity index (χ4n) is 3.09. The van der Waals surface area contributed by atoms with Gasteiger partial charge in [-0.2, -0.15) is 0 Å². The number of sulfone groups is 1. The first-order valence-electron chi connectivity index (χ1n) is 9.72. The summed E-state index contributed by atoms with van der Waals surface area (Å²) in [7, 11) is -4.02. The van der Waals surface area contributed by atoms with Crippen LogP contribution in [0.2, 0.25) is 5.02 Å². The molecular formula is C21H28ClNO4S. The molecule has 2 rings (SSSR count). The van der Waals surface area contributed by atoms with Crippen LogP contribution in [0.15, 0.2) is 52.4 Å². The van der Waals surface area contributed by atoms with Crippen LogP contribution < -0.4 is 0 Å². The summed E-state index contributed by atoms with van der Waals surface area (Å²) in [6.45, 7) is 5.57. The molecule has 0 radical (unpaired) electrons. The number of carbonyl (C=O) groups excluding carboxylic acids is 1. The van der Waals surface area contributed by atoms with Gasteiger partial charge in [-0.1, -0.05) is 18.0 Å². The first-order chi connectivity index (χ1) is 13.4. The molecule has 0 aromatic heterocycles. The molecule has 1 saturated carbocycles. The van der Waals surface area contributed by atoms with E-state index in [0.29, 0.717) is 5.02 Å². The highest BCUT2D eigenvalue weighted by Crippen LogP contribution is 2.26. The Kier molecular flexibility index (Phi) is 8.58. The number of allylic oxidation sites excluding steroid dienone is 2. The van der Waals surface area contributed by atoms with Crippen molar-refractivity contribution in [1.29, 1.82) is 0 Å². The third-order valence-corrected chi connectivity index (χ3v) is 6.82. The monoisotopic (exact) mass is 425 g/mol. The summed E-state index contributed by atoms with van der Waals surface area (Å²) in [6.07, 6.45) is 9.09. The van der Waals surface area contributed by atoms with E-state index in [1.807, 2.05) is 18.7 Å². The SMILES string of the molecule is CCN(/C=C/C=C(/C(=O)OC1CCCCC1)S(=O)(=O)c1ccc(Cl)cc1)CC. The quantitative estimate of drug-likeness (QED) is 0.342. The van der Waals surface area contributed by atoms with E-state index in [0.717, 1.165) is 45.2 Å². The van der Waals surface area contributed by atoms with E-state index >= 15 is 0 Å². The zero-order valence-electron chi connectivity index (χ0n) is 16.4. The third kappa shape index (κ3) is 6.11. The molecule has 0 aliphatic heterocycles. The second-order valence-corrected chi connectivity index (χ2v) is 9.07. The molecule has 1 aliphatic carbocycles. The Morgan fingerprint density at radius 3 is 2.32 bits per heavy atom. The van der Waals surface area contributed by atoms with Crippen LogP contribution in [-0.2, 0) is 19.4 Å². The number of carbonyl (C=O) groups is 1. The Bertz CT molecular complexity index is 805. The smallest absolute Gasteiger partial charge is 0.350 e. The van der Waals surface area contributed by atoms with E-state index in [-0.39, 0.29) is 15.9 Å². The molecule has 0 heterocycles. The van der Waals surface area contributed by atoms with Gasteiger partial charge in [0.15, 0.2) is 4.91 Å². The lowest BCUT2D eigenvalue weighted by Gasteiger charge is -2.22. The second kappa shape index (κ2) is 10.7. The van der Waals surface area contributed by atoms with E-state index in [1.165, 1.54) is 30.3 Å². The number of ether oxygens (including phenoxy) is 1. The zero-order chi connectivity index (χ0) is 20.6. The van der Waals surface area contributed by atoms with Crippen molar-refractivity contribution in [3.05, 3.63) is 52.5 Å². The Balaban J connectivity index is 2.33. The highest BCUT2D eigenvalue weighted by atomic mass is 35.5. The summed E-state index contributed by atoms with van der Waals surface area (Å²) in [6, 6.07) is 5.77. The van der Waals surface area contributed by atoms with Gasteiger partial charge in [0.25, 0.3) is 0 Å². The molecule has 0 N–H and O–H groups in total. The average molecular weight is 426 g/mol. The molecule has 0 unspecified atom stereocenters. The molecule has 1 aromatic rings. The molecule has 0 amide bonds. The predicted octanol–water partition coefficient (Wildman–Crippen LogP) is 4.73. The van der Waals surface area contributed by atoms with Crippen molar-refractivity contribution in [2.24, 2.45) is 0 Å². The molecule has 5 nitrogen and oxygen atoms in total. The Morgan fingerprint density at radius 2 is 1.75 bits per heavy atom. The molecule has 7 heteroatoms. The molecule has 0 saturated heterocycles. The Morgan fingerprint density at radius 1 is 1.14 bits per heavy atom. The normalized spacial score (nSPS) is 16.3. The van der Waals surface area contributed by atoms with E-state index in [4.69, 9.17) is 16.3 Å². The van der Waals surface area contributed by atoms with Gasteiger partial charge in [0.2, 0.25) is 9.84 Å². The first kappa shape index (κ1) is 22.5. The van der Waals surface area contributed by atoms with Crippen LogP contribution >= 0.6 is 11.6 Å². The summed E-state index contributed by atoms with van der Waals surface area (Å²) in [5.74, 6) is -0.800. The number of esters is 1. The van der Waals surface area contributed by atoms with Crippen molar-refractivity contribution in [3.63, 3.8) is 0 Å². The maximum Gasteiger partial charge on any atom is 0.350 e. The van der Waals surface area contributed by atoms with Crippen LogP contribution in [0.3, 0.4) is 0 Å². The minimum absolute atomic E-state index is 0.0139. The predicted molar refractivity (Wildman–Crippen MR) is 112 cm³/mol. The molecular weight excluding hydrogens is 398 g/mol. The van der Waals surface area contributed by atoms with Gasteiger partial charge in [0.1, 0.15) is 6.10 Å². The van der Waals surface area contributed by atoms with Gasteiger partial charge >= 0.3 is 5.97 Å². The van der Waals surface area contributed by atoms with Gasteiger partial charge < -0.3 is 9.64 Å². The van der Waals surface area contributed by atoms with Gasteiger partial charge in [-0.3, -0.25) is 0 Å². The topological polar surface area (TPSA) is 63.7 Å². The van der Waals surface area contributed by atoms with Crippen LogP contribution in [0, 0.1) is 0 Å². The number of halogens is 1. The molecule has 0 spiro atoms. The highest BCUT2D eigenvalue weighted by Gasteiger charge is 2.30. The van der Waals surface area contributed by atoms with Gasteiger partial charge in [-0.15, -0.1) is 0 Å². The Hall–Kier alpha value is -1.79. The molecule has 28 heavy (non-hydrogen) atoms. The van der Waals surface area contributed by atoms with Gasteiger partial charge in [-0.05, 0) is 82.1 Å². The summed E-state index contributed by atoms with van der Waals surface area (Å²) in [5, 5.41) is 0.427. The standard InChI is InChI=1S/C21H28ClNO4S/c1-3-23(4-2)16-8-11-20(21(24)27-18-9-6-5-7-10-18)28(25,26)19-14-12-17(22)13-15-19/h8,11-16,18H,3-7,9-10H2,1-2H3/b16-8+,20-11-. The molecule has 1 aromatic carbocycles. The fraction of sp³-hybridized carbons (Fsp3) is 0.476. The van der Waals surface area contributed by atoms with Crippen LogP contribution in [0.1, 0.15) is 46.0 Å². The number of rotatable bonds is 8. The summed E-state index contributed by atoms with van der Waals surface area (Å²) >= 11 is 5.87. The van der Waals surface area contributed by atoms with Crippen molar-refractivity contribution in [1.82, 2.24) is 4.90 Å². The summed E-state index contributed by atoms with van der Waals surface area (Å²) in [4.78, 5) is 14.4. The lowest BCUT2D eigenvalue weighted by molar-refractivity contribution is -0.144. The van der Waals surface area contributed by atoms with E-state index in [9.17, 15) is 13.2 Å². The van der Waals surface area contributed by atoms with Gasteiger partial charge in [-0.25, -0.2) is 13.2 Å². The third-order valence-electron chi connectivity index (χ3n) is 4.80. The van der Waals surface area contributed by atoms with Gasteiger partial charge in [0.05, 0.1) is 4.90 Å². The number of benzene rings is 1. The second-order valence-electron chi connectivity index (χ2n) is 6.72. The molecule has 1 fully saturated rings. The van der Waals surface area contributed by atoms with Crippen LogP contribution in [0.4, 0.5) is 0 Å². The molecule has 0 atom stereocenters. The van der Waals surface area contributed by atoms with E-state index < -0.39 is 15.8 Å². The van der Waals surface area contributed by atoms with Crippen molar-refractivity contribution in [2.45, 2.75) is 57.0 Å². The maximum atomic E-state index is 13.1. The number of hydrogen-bond acceptors (Lipinski definition) is 5. The molecule has 1 aliphatic rings. The van der Waals surface area contributed by atoms with E-state index in [2.05, 4.69) is 0 Å². The fourth-order valence-corrected chi connectivity index (χ4v) is 4.49. The maximum absolute atomic E-state index is 13.1. The summed E-state index contributed by atoms with van der Waals surface area (Å²) < 4.78 is 31.7. The van der Waals surface area contributed by atoms with Crippen molar-refractivity contribution >= 4 is 27.4 Å². The first-order valence-corrected chi connectivity index (χ1v) is 11.6. The minimum Gasteiger partial charge on any atom is -0.458 e. The van der Waals surface area contributed by atoms with Crippen LogP contribution in [-0.4, -0.2) is 38.5 Å². The lowest BCUT2D eigenvalue weighted by Crippen LogP contribution is -2.24. The van der Waals surface area contributed by atoms with Crippen LogP contribution in [0.5, 0.6) is 0 Å². The molecule has 154 valence electrons. The Labute approximate surface area is 172 Å². The largest absolute Gasteiger partial charge is 0.458 e. The minimum atomic E-state index is -4.02. The van der Waals surface area contributed by atoms with Crippen molar-refractivity contribution < 1.29 is 17.9 Å². The van der Waals surface area contributed by atoms with Crippen LogP contribution in [0.25, 0.3) is 0 Å². The highest BCUT2D eigenvalue weighted by molar-refractivity contribution is 7.96. The van der Waals surface area contributed by atoms with Gasteiger partial charge in [0, 0.05) is 18.1 Å². The molecule has 0 bridgehead atoms. The van der Waals surface area contributed by atoms with Crippen molar-refractivity contribution in [3.8, 4) is 0 Å². The van der Waals surface area contributed by atoms with E-state index in [1.54, 1.807) is 12.3 Å². The zero-order valence-corrected chi connectivity index (χ0v) is 18.0. The lowest BCUT2D eigenvalue weighted by atomic mass is 9.98. The summed E-state index contributed by atoms with van der Waals surface area (Å²) in [5.41, 5.74) is 0. The number of hydrogen-bond donors (Lipinski definition) is 0. The average Bonchev–Trinajstić information content (AvgIpc) is 2.69. The number of nitrogens with zero attached hydrogens (tertiary/aromatic N) is 1. The van der Waals surface area contributed by atoms with Crippen molar-refractivity contribution in [2.75, 3.05) is 13.1 Å².